The van der Waals surface area contributed by atoms with Crippen molar-refractivity contribution in [3.63, 3.8) is 0 Å². The van der Waals surface area contributed by atoms with Crippen molar-refractivity contribution in [3.8, 4) is 5.75 Å². The average Bonchev–Trinajstić information content (AvgIpc) is 3.02. The third-order valence-corrected chi connectivity index (χ3v) is 6.08. The highest BCUT2D eigenvalue weighted by Crippen LogP contribution is 2.34. The maximum absolute atomic E-state index is 12.9. The van der Waals surface area contributed by atoms with Crippen LogP contribution in [0, 0.1) is 0 Å². The lowest BCUT2D eigenvalue weighted by molar-refractivity contribution is -0.123. The van der Waals surface area contributed by atoms with Gasteiger partial charge in [0.15, 0.2) is 0 Å². The number of hydrogen-bond acceptors (Lipinski definition) is 4. The zero-order valence-corrected chi connectivity index (χ0v) is 17.8. The Morgan fingerprint density at radius 3 is 2.50 bits per heavy atom. The van der Waals surface area contributed by atoms with Crippen LogP contribution in [0.4, 0.5) is 4.79 Å². The number of imide groups is 1. The molecule has 4 rings (SSSR count). The van der Waals surface area contributed by atoms with Gasteiger partial charge in [-0.1, -0.05) is 61.5 Å². The number of carbonyl (C=O) groups is 2. The highest BCUT2D eigenvalue weighted by molar-refractivity contribution is 8.18. The van der Waals surface area contributed by atoms with E-state index in [0.29, 0.717) is 4.91 Å². The summed E-state index contributed by atoms with van der Waals surface area (Å²) in [5.74, 6) is 0.545. The first-order valence-corrected chi connectivity index (χ1v) is 10.9. The van der Waals surface area contributed by atoms with E-state index in [1.165, 1.54) is 4.90 Å². The molecule has 0 bridgehead atoms. The van der Waals surface area contributed by atoms with Crippen LogP contribution in [0.25, 0.3) is 16.8 Å². The molecule has 152 valence electrons. The summed E-state index contributed by atoms with van der Waals surface area (Å²) in [7, 11) is 0. The maximum atomic E-state index is 12.9. The molecule has 1 atom stereocenters. The predicted octanol–water partition coefficient (Wildman–Crippen LogP) is 6.25. The number of carbonyl (C=O) groups excluding carboxylic acids is 2. The van der Waals surface area contributed by atoms with Crippen LogP contribution in [0.15, 0.2) is 71.6 Å². The van der Waals surface area contributed by atoms with Gasteiger partial charge in [-0.3, -0.25) is 14.5 Å². The third-order valence-electron chi connectivity index (χ3n) is 5.17. The van der Waals surface area contributed by atoms with Crippen LogP contribution in [0.3, 0.4) is 0 Å². The molecule has 5 heteroatoms. The molecule has 0 N–H and O–H groups in total. The summed E-state index contributed by atoms with van der Waals surface area (Å²) < 4.78 is 5.79. The molecule has 0 saturated carbocycles. The largest absolute Gasteiger partial charge is 0.491 e. The second-order valence-corrected chi connectivity index (χ2v) is 8.31. The van der Waals surface area contributed by atoms with Crippen LogP contribution in [-0.2, 0) is 11.3 Å². The summed E-state index contributed by atoms with van der Waals surface area (Å²) in [5, 5.41) is 1.91. The zero-order chi connectivity index (χ0) is 21.1. The monoisotopic (exact) mass is 417 g/mol. The Kier molecular flexibility index (Phi) is 5.91. The van der Waals surface area contributed by atoms with E-state index in [-0.39, 0.29) is 23.8 Å². The second-order valence-electron chi connectivity index (χ2n) is 7.31. The van der Waals surface area contributed by atoms with Gasteiger partial charge in [-0.25, -0.2) is 0 Å². The number of hydrogen-bond donors (Lipinski definition) is 0. The summed E-state index contributed by atoms with van der Waals surface area (Å²) in [6.07, 6.45) is 2.86. The summed E-state index contributed by atoms with van der Waals surface area (Å²) >= 11 is 0.987. The minimum absolute atomic E-state index is 0.154. The molecule has 2 amide bonds. The summed E-state index contributed by atoms with van der Waals surface area (Å²) in [6, 6.07) is 21.5. The van der Waals surface area contributed by atoms with Crippen LogP contribution in [0.1, 0.15) is 31.4 Å². The number of ether oxygens (including phenoxy) is 1. The molecule has 1 aliphatic heterocycles. The lowest BCUT2D eigenvalue weighted by Crippen LogP contribution is -2.27. The number of amides is 2. The Labute approximate surface area is 180 Å². The maximum Gasteiger partial charge on any atom is 0.293 e. The highest BCUT2D eigenvalue weighted by Gasteiger charge is 2.35. The average molecular weight is 418 g/mol. The van der Waals surface area contributed by atoms with Gasteiger partial charge in [0.1, 0.15) is 5.75 Å². The first kappa shape index (κ1) is 20.2. The molecule has 30 heavy (non-hydrogen) atoms. The summed E-state index contributed by atoms with van der Waals surface area (Å²) in [4.78, 5) is 27.2. The SMILES string of the molecule is CC[C@H](C)Oc1ccc(/C=C2\SC(=O)N(Cc3cccc4ccccc34)C2=O)cc1. The molecule has 1 aliphatic rings. The molecule has 1 heterocycles. The fourth-order valence-electron chi connectivity index (χ4n) is 3.35. The number of rotatable bonds is 6. The number of benzene rings is 3. The van der Waals surface area contributed by atoms with E-state index in [2.05, 4.69) is 6.92 Å². The van der Waals surface area contributed by atoms with Crippen molar-refractivity contribution >= 4 is 39.8 Å². The van der Waals surface area contributed by atoms with Gasteiger partial charge in [0.05, 0.1) is 17.6 Å². The number of fused-ring (bicyclic) bond motifs is 1. The molecular weight excluding hydrogens is 394 g/mol. The zero-order valence-electron chi connectivity index (χ0n) is 17.0. The molecule has 1 fully saturated rings. The van der Waals surface area contributed by atoms with Crippen molar-refractivity contribution < 1.29 is 14.3 Å². The number of nitrogens with zero attached hydrogens (tertiary/aromatic N) is 1. The molecule has 0 spiro atoms. The standard InChI is InChI=1S/C25H23NO3S/c1-3-17(2)29-21-13-11-18(12-14-21)15-23-24(27)26(25(28)30-23)16-20-9-6-8-19-7-4-5-10-22(19)20/h4-15,17H,3,16H2,1-2H3/b23-15-/t17-/m0/s1. The third kappa shape index (κ3) is 4.26. The van der Waals surface area contributed by atoms with Gasteiger partial charge in [0.2, 0.25) is 0 Å². The van der Waals surface area contributed by atoms with Gasteiger partial charge >= 0.3 is 0 Å². The lowest BCUT2D eigenvalue weighted by Gasteiger charge is -2.14. The van der Waals surface area contributed by atoms with E-state index in [0.717, 1.165) is 45.8 Å². The van der Waals surface area contributed by atoms with E-state index in [1.807, 2.05) is 73.7 Å². The van der Waals surface area contributed by atoms with Crippen molar-refractivity contribution in [2.45, 2.75) is 32.9 Å². The number of thioether (sulfide) groups is 1. The van der Waals surface area contributed by atoms with Crippen molar-refractivity contribution in [2.24, 2.45) is 0 Å². The Morgan fingerprint density at radius 2 is 1.73 bits per heavy atom. The first-order chi connectivity index (χ1) is 14.5. The lowest BCUT2D eigenvalue weighted by atomic mass is 10.0. The van der Waals surface area contributed by atoms with Gasteiger partial charge < -0.3 is 4.74 Å². The van der Waals surface area contributed by atoms with Crippen LogP contribution >= 0.6 is 11.8 Å². The Balaban J connectivity index is 1.52. The summed E-state index contributed by atoms with van der Waals surface area (Å²) in [5.41, 5.74) is 1.82. The summed E-state index contributed by atoms with van der Waals surface area (Å²) in [6.45, 7) is 4.37. The van der Waals surface area contributed by atoms with Crippen LogP contribution in [0.5, 0.6) is 5.75 Å². The fourth-order valence-corrected chi connectivity index (χ4v) is 4.18. The van der Waals surface area contributed by atoms with Crippen LogP contribution in [0.2, 0.25) is 0 Å². The normalized spacial score (nSPS) is 16.5. The Hall–Kier alpha value is -3.05. The van der Waals surface area contributed by atoms with E-state index < -0.39 is 0 Å². The quantitative estimate of drug-likeness (QED) is 0.445. The van der Waals surface area contributed by atoms with Gasteiger partial charge in [-0.2, -0.15) is 0 Å². The minimum Gasteiger partial charge on any atom is -0.491 e. The van der Waals surface area contributed by atoms with E-state index in [9.17, 15) is 9.59 Å². The van der Waals surface area contributed by atoms with E-state index in [4.69, 9.17) is 4.74 Å². The van der Waals surface area contributed by atoms with E-state index in [1.54, 1.807) is 6.08 Å². The van der Waals surface area contributed by atoms with Crippen molar-refractivity contribution in [2.75, 3.05) is 0 Å². The van der Waals surface area contributed by atoms with Gasteiger partial charge in [-0.15, -0.1) is 0 Å². The highest BCUT2D eigenvalue weighted by atomic mass is 32.2. The molecule has 0 aliphatic carbocycles. The topological polar surface area (TPSA) is 46.6 Å². The smallest absolute Gasteiger partial charge is 0.293 e. The van der Waals surface area contributed by atoms with Gasteiger partial charge in [0.25, 0.3) is 11.1 Å². The van der Waals surface area contributed by atoms with Crippen LogP contribution < -0.4 is 4.74 Å². The molecule has 1 saturated heterocycles. The molecule has 3 aromatic rings. The predicted molar refractivity (Wildman–Crippen MR) is 122 cm³/mol. The Morgan fingerprint density at radius 1 is 1.00 bits per heavy atom. The fraction of sp³-hybridized carbons (Fsp3) is 0.200. The molecule has 0 aromatic heterocycles. The van der Waals surface area contributed by atoms with E-state index >= 15 is 0 Å². The first-order valence-electron chi connectivity index (χ1n) is 10.0. The van der Waals surface area contributed by atoms with Gasteiger partial charge in [-0.05, 0) is 65.2 Å². The second kappa shape index (κ2) is 8.76. The molecule has 4 nitrogen and oxygen atoms in total. The molecule has 0 unspecified atom stereocenters. The molecule has 3 aromatic carbocycles. The van der Waals surface area contributed by atoms with Crippen LogP contribution in [-0.4, -0.2) is 22.2 Å². The van der Waals surface area contributed by atoms with Gasteiger partial charge in [0, 0.05) is 0 Å². The molecular formula is C25H23NO3S. The van der Waals surface area contributed by atoms with Crippen molar-refractivity contribution in [1.82, 2.24) is 4.90 Å². The molecule has 0 radical (unpaired) electrons. The Bertz CT molecular complexity index is 1120. The van der Waals surface area contributed by atoms with Crippen molar-refractivity contribution in [1.29, 1.82) is 0 Å². The van der Waals surface area contributed by atoms with Crippen molar-refractivity contribution in [3.05, 3.63) is 82.8 Å². The minimum atomic E-state index is -0.252.